The summed E-state index contributed by atoms with van der Waals surface area (Å²) >= 11 is 0. The van der Waals surface area contributed by atoms with Gasteiger partial charge in [-0.25, -0.2) is 17.9 Å². The fourth-order valence-electron chi connectivity index (χ4n) is 2.41. The molecule has 0 aromatic carbocycles. The summed E-state index contributed by atoms with van der Waals surface area (Å²) in [6, 6.07) is -1.75. The van der Waals surface area contributed by atoms with Gasteiger partial charge in [0.1, 0.15) is 6.10 Å². The van der Waals surface area contributed by atoms with Gasteiger partial charge in [-0.2, -0.15) is 39.5 Å². The number of esters is 1. The minimum Gasteiger partial charge on any atom is -0.457 e. The first kappa shape index (κ1) is 25.5. The normalized spacial score (nSPS) is 22.3. The second-order valence-electron chi connectivity index (χ2n) is 6.40. The summed E-state index contributed by atoms with van der Waals surface area (Å²) < 4.78 is 146. The predicted molar refractivity (Wildman–Crippen MR) is 79.9 cm³/mol. The van der Waals surface area contributed by atoms with Crippen molar-refractivity contribution in [1.29, 1.82) is 0 Å². The van der Waals surface area contributed by atoms with Crippen LogP contribution in [0.25, 0.3) is 0 Å². The molecule has 0 bridgehead atoms. The fourth-order valence-corrected chi connectivity index (χ4v) is 3.70. The van der Waals surface area contributed by atoms with E-state index in [-0.39, 0.29) is 24.8 Å². The topological polar surface area (TPSA) is 72.5 Å². The molecule has 0 amide bonds. The highest BCUT2D eigenvalue weighted by Crippen LogP contribution is 2.54. The Labute approximate surface area is 159 Å². The third-order valence-corrected chi connectivity index (χ3v) is 5.61. The Morgan fingerprint density at radius 3 is 1.90 bits per heavy atom. The molecule has 1 rings (SSSR count). The quantitative estimate of drug-likeness (QED) is 0.353. The molecule has 0 heterocycles. The van der Waals surface area contributed by atoms with E-state index in [1.165, 1.54) is 6.92 Å². The molecule has 0 aliphatic heterocycles. The number of hydrogen-bond acceptors (Lipinski definition) is 4. The third-order valence-electron chi connectivity index (χ3n) is 4.07. The Morgan fingerprint density at radius 2 is 1.45 bits per heavy atom. The monoisotopic (exact) mass is 465 g/mol. The summed E-state index contributed by atoms with van der Waals surface area (Å²) in [5, 5.41) is -6.85. The van der Waals surface area contributed by atoms with Crippen LogP contribution in [-0.4, -0.2) is 49.8 Å². The van der Waals surface area contributed by atoms with Gasteiger partial charge in [0.05, 0.1) is 6.04 Å². The lowest BCUT2D eigenvalue weighted by atomic mass is 9.93. The first-order valence-electron chi connectivity index (χ1n) is 7.88. The molecule has 2 unspecified atom stereocenters. The highest BCUT2D eigenvalue weighted by molar-refractivity contribution is 7.90. The van der Waals surface area contributed by atoms with Gasteiger partial charge in [-0.1, -0.05) is 13.0 Å². The summed E-state index contributed by atoms with van der Waals surface area (Å²) in [5.41, 5.74) is -0.168. The van der Waals surface area contributed by atoms with Crippen LogP contribution >= 0.6 is 0 Å². The van der Waals surface area contributed by atoms with Crippen molar-refractivity contribution in [2.24, 2.45) is 0 Å². The summed E-state index contributed by atoms with van der Waals surface area (Å²) in [5.74, 6) is -15.7. The largest absolute Gasteiger partial charge is 0.460 e. The second kappa shape index (κ2) is 7.96. The number of rotatable bonds is 7. The Balaban J connectivity index is 3.21. The molecule has 1 N–H and O–H groups in total. The summed E-state index contributed by atoms with van der Waals surface area (Å²) in [4.78, 5) is 11.5. The van der Waals surface area contributed by atoms with Crippen molar-refractivity contribution in [2.45, 2.75) is 68.0 Å². The van der Waals surface area contributed by atoms with Crippen LogP contribution in [0.5, 0.6) is 0 Å². The number of ether oxygens (including phenoxy) is 1. The van der Waals surface area contributed by atoms with Crippen LogP contribution in [0.3, 0.4) is 0 Å². The van der Waals surface area contributed by atoms with E-state index in [0.29, 0.717) is 6.42 Å². The zero-order chi connectivity index (χ0) is 23.1. The van der Waals surface area contributed by atoms with Gasteiger partial charge in [0.25, 0.3) is 10.0 Å². The van der Waals surface area contributed by atoms with E-state index in [1.807, 2.05) is 0 Å². The van der Waals surface area contributed by atoms with E-state index in [9.17, 15) is 52.7 Å². The Hall–Kier alpha value is -1.51. The van der Waals surface area contributed by atoms with Gasteiger partial charge in [0, 0.05) is 5.57 Å². The number of halogens is 9. The van der Waals surface area contributed by atoms with Crippen molar-refractivity contribution in [2.75, 3.05) is 0 Å². The molecule has 29 heavy (non-hydrogen) atoms. The van der Waals surface area contributed by atoms with E-state index in [2.05, 4.69) is 6.58 Å². The molecule has 5 nitrogen and oxygen atoms in total. The van der Waals surface area contributed by atoms with Crippen molar-refractivity contribution in [3.63, 3.8) is 0 Å². The molecule has 1 fully saturated rings. The first-order valence-corrected chi connectivity index (χ1v) is 9.36. The van der Waals surface area contributed by atoms with Gasteiger partial charge in [0.2, 0.25) is 0 Å². The van der Waals surface area contributed by atoms with Crippen LogP contribution in [-0.2, 0) is 19.6 Å². The van der Waals surface area contributed by atoms with Gasteiger partial charge in [-0.15, -0.1) is 0 Å². The zero-order valence-electron chi connectivity index (χ0n) is 14.6. The minimum absolute atomic E-state index is 0.104. The molecule has 1 saturated carbocycles. The van der Waals surface area contributed by atoms with Crippen molar-refractivity contribution in [3.8, 4) is 0 Å². The van der Waals surface area contributed by atoms with Gasteiger partial charge in [0.15, 0.2) is 0 Å². The summed E-state index contributed by atoms with van der Waals surface area (Å²) in [7, 11) is -6.78. The molecule has 1 aliphatic carbocycles. The maximum atomic E-state index is 13.8. The molecule has 0 aromatic rings. The van der Waals surface area contributed by atoms with Crippen LogP contribution in [0.4, 0.5) is 39.5 Å². The van der Waals surface area contributed by atoms with E-state index < -0.39 is 51.4 Å². The van der Waals surface area contributed by atoms with Gasteiger partial charge >= 0.3 is 29.2 Å². The maximum absolute atomic E-state index is 13.8. The first-order chi connectivity index (χ1) is 12.8. The molecular formula is C14H16F9NO4S. The van der Waals surface area contributed by atoms with E-state index >= 15 is 0 Å². The molecular weight excluding hydrogens is 449 g/mol. The average Bonchev–Trinajstić information content (AvgIpc) is 2.54. The predicted octanol–water partition coefficient (Wildman–Crippen LogP) is 3.76. The number of hydrogen-bond donors (Lipinski definition) is 1. The number of alkyl halides is 9. The van der Waals surface area contributed by atoms with Crippen LogP contribution < -0.4 is 4.72 Å². The number of carbonyl (C=O) groups excluding carboxylic acids is 1. The Kier molecular flexibility index (Phi) is 7.01. The lowest BCUT2D eigenvalue weighted by Crippen LogP contribution is -2.66. The SMILES string of the molecule is C=C(C)C(=O)OC1CCCCC1NS(=O)(=O)C(F)(F)C(F)(F)C(F)(F)C(F)(F)F. The molecule has 2 atom stereocenters. The minimum atomic E-state index is -7.35. The van der Waals surface area contributed by atoms with Gasteiger partial charge < -0.3 is 4.74 Å². The standard InChI is InChI=1S/C14H16F9NO4S/c1-7(2)10(25)28-9-6-4-3-5-8(9)24-29(26,27)14(22,23)12(17,18)11(15,16)13(19,20)21/h8-9,24H,1,3-6H2,2H3. The van der Waals surface area contributed by atoms with E-state index in [1.54, 1.807) is 0 Å². The zero-order valence-corrected chi connectivity index (χ0v) is 15.4. The third kappa shape index (κ3) is 4.64. The van der Waals surface area contributed by atoms with E-state index in [4.69, 9.17) is 4.74 Å². The lowest BCUT2D eigenvalue weighted by molar-refractivity contribution is -0.382. The highest BCUT2D eigenvalue weighted by atomic mass is 32.2. The van der Waals surface area contributed by atoms with E-state index in [0.717, 1.165) is 4.72 Å². The Morgan fingerprint density at radius 1 is 0.966 bits per heavy atom. The van der Waals surface area contributed by atoms with Crippen molar-refractivity contribution in [1.82, 2.24) is 4.72 Å². The highest BCUT2D eigenvalue weighted by Gasteiger charge is 2.85. The smallest absolute Gasteiger partial charge is 0.457 e. The fraction of sp³-hybridized carbons (Fsp3) is 0.786. The van der Waals surface area contributed by atoms with Crippen LogP contribution in [0.2, 0.25) is 0 Å². The summed E-state index contributed by atoms with van der Waals surface area (Å²) in [6.45, 7) is 4.41. The average molecular weight is 465 g/mol. The molecule has 0 aromatic heterocycles. The van der Waals surface area contributed by atoms with Crippen LogP contribution in [0.15, 0.2) is 12.2 Å². The van der Waals surface area contributed by atoms with Gasteiger partial charge in [-0.05, 0) is 26.2 Å². The lowest BCUT2D eigenvalue weighted by Gasteiger charge is -2.36. The number of carbonyl (C=O) groups is 1. The van der Waals surface area contributed by atoms with Crippen molar-refractivity contribution < 1.29 is 57.5 Å². The second-order valence-corrected chi connectivity index (χ2v) is 8.15. The van der Waals surface area contributed by atoms with Crippen molar-refractivity contribution >= 4 is 16.0 Å². The maximum Gasteiger partial charge on any atom is 0.460 e. The molecule has 15 heteroatoms. The summed E-state index contributed by atoms with van der Waals surface area (Å²) in [6.07, 6.45) is -8.58. The van der Waals surface area contributed by atoms with Crippen LogP contribution in [0, 0.1) is 0 Å². The van der Waals surface area contributed by atoms with Gasteiger partial charge in [-0.3, -0.25) is 0 Å². The molecule has 0 radical (unpaired) electrons. The number of nitrogens with one attached hydrogen (secondary N) is 1. The molecule has 1 aliphatic rings. The molecule has 0 saturated heterocycles. The van der Waals surface area contributed by atoms with Crippen LogP contribution in [0.1, 0.15) is 32.6 Å². The molecule has 170 valence electrons. The molecule has 0 spiro atoms. The van der Waals surface area contributed by atoms with Crippen molar-refractivity contribution in [3.05, 3.63) is 12.2 Å². The number of sulfonamides is 1. The Bertz CT molecular complexity index is 749.